The van der Waals surface area contributed by atoms with E-state index >= 15 is 0 Å². The molecule has 2 aromatic heterocycles. The Balaban J connectivity index is 1.43. The number of nitrogens with one attached hydrogen (secondary N) is 1. The Kier molecular flexibility index (Phi) is 5.80. The van der Waals surface area contributed by atoms with Crippen LogP contribution >= 0.6 is 22.7 Å². The fourth-order valence-electron chi connectivity index (χ4n) is 2.89. The van der Waals surface area contributed by atoms with Crippen LogP contribution in [0.15, 0.2) is 23.7 Å². The molecule has 0 spiro atoms. The number of nitrogens with zero attached hydrogens (tertiary/aromatic N) is 1. The molecule has 1 saturated carbocycles. The average molecular weight is 351 g/mol. The lowest BCUT2D eigenvalue weighted by Crippen LogP contribution is -2.31. The maximum absolute atomic E-state index is 12.2. The lowest BCUT2D eigenvalue weighted by molar-refractivity contribution is -0.00292. The predicted octanol–water partition coefficient (Wildman–Crippen LogP) is 4.20. The zero-order valence-corrected chi connectivity index (χ0v) is 14.9. The minimum atomic E-state index is -0.0643. The van der Waals surface area contributed by atoms with Gasteiger partial charge in [-0.2, -0.15) is 0 Å². The number of carbonyl (C=O) groups is 1. The highest BCUT2D eigenvalue weighted by Crippen LogP contribution is 2.29. The molecule has 0 aromatic carbocycles. The van der Waals surface area contributed by atoms with Crippen molar-refractivity contribution in [2.75, 3.05) is 13.2 Å². The normalized spacial score (nSPS) is 21.3. The van der Waals surface area contributed by atoms with Gasteiger partial charge in [0.15, 0.2) is 0 Å². The molecular weight excluding hydrogens is 328 g/mol. The van der Waals surface area contributed by atoms with Gasteiger partial charge in [0.05, 0.1) is 23.8 Å². The second kappa shape index (κ2) is 8.04. The molecule has 6 heteroatoms. The number of hydrogen-bond acceptors (Lipinski definition) is 5. The van der Waals surface area contributed by atoms with E-state index in [1.165, 1.54) is 30.6 Å². The van der Waals surface area contributed by atoms with Crippen LogP contribution in [0, 0.1) is 5.92 Å². The summed E-state index contributed by atoms with van der Waals surface area (Å²) in [7, 11) is 0. The monoisotopic (exact) mass is 350 g/mol. The van der Waals surface area contributed by atoms with Crippen molar-refractivity contribution >= 4 is 28.6 Å². The lowest BCUT2D eigenvalue weighted by Gasteiger charge is -2.28. The van der Waals surface area contributed by atoms with E-state index < -0.39 is 0 Å². The molecule has 0 bridgehead atoms. The van der Waals surface area contributed by atoms with Crippen LogP contribution in [0.5, 0.6) is 0 Å². The number of amides is 1. The quantitative estimate of drug-likeness (QED) is 0.795. The van der Waals surface area contributed by atoms with Gasteiger partial charge in [-0.25, -0.2) is 4.98 Å². The molecule has 2 heterocycles. The summed E-state index contributed by atoms with van der Waals surface area (Å²) in [5.41, 5.74) is 0. The van der Waals surface area contributed by atoms with E-state index in [1.54, 1.807) is 17.5 Å². The summed E-state index contributed by atoms with van der Waals surface area (Å²) in [4.78, 5) is 18.2. The largest absolute Gasteiger partial charge is 0.376 e. The first-order valence-electron chi connectivity index (χ1n) is 8.13. The summed E-state index contributed by atoms with van der Waals surface area (Å²) in [6.07, 6.45) is 6.98. The summed E-state index contributed by atoms with van der Waals surface area (Å²) in [5, 5.41) is 5.84. The summed E-state index contributed by atoms with van der Waals surface area (Å²) in [6, 6.07) is 4.01. The van der Waals surface area contributed by atoms with Gasteiger partial charge in [-0.15, -0.1) is 22.7 Å². The molecule has 4 nitrogen and oxygen atoms in total. The van der Waals surface area contributed by atoms with E-state index in [-0.39, 0.29) is 5.91 Å². The molecule has 124 valence electrons. The molecule has 2 atom stereocenters. The third-order valence-corrected chi connectivity index (χ3v) is 6.25. The molecule has 1 fully saturated rings. The molecule has 23 heavy (non-hydrogen) atoms. The number of thiophene rings is 1. The zero-order chi connectivity index (χ0) is 16.1. The Morgan fingerprint density at radius 2 is 2.30 bits per heavy atom. The van der Waals surface area contributed by atoms with Gasteiger partial charge in [-0.3, -0.25) is 4.79 Å². The number of carbonyl (C=O) groups excluding carboxylic acids is 1. The Hall–Kier alpha value is -1.24. The SMILES string of the molecule is CC1CCCCC1OCCNC(=O)c1cnc(-c2cccs2)s1. The molecule has 2 unspecified atom stereocenters. The molecular formula is C17H22N2O2S2. The van der Waals surface area contributed by atoms with Crippen molar-refractivity contribution < 1.29 is 9.53 Å². The van der Waals surface area contributed by atoms with E-state index in [0.29, 0.717) is 30.1 Å². The number of thiazole rings is 1. The summed E-state index contributed by atoms with van der Waals surface area (Å²) < 4.78 is 5.92. The molecule has 3 rings (SSSR count). The van der Waals surface area contributed by atoms with Gasteiger partial charge in [-0.1, -0.05) is 25.8 Å². The average Bonchev–Trinajstić information content (AvgIpc) is 3.23. The third-order valence-electron chi connectivity index (χ3n) is 4.21. The van der Waals surface area contributed by atoms with Crippen molar-refractivity contribution in [1.82, 2.24) is 10.3 Å². The highest BCUT2D eigenvalue weighted by Gasteiger charge is 2.21. The first kappa shape index (κ1) is 16.6. The van der Waals surface area contributed by atoms with Crippen molar-refractivity contribution in [3.05, 3.63) is 28.6 Å². The van der Waals surface area contributed by atoms with Gasteiger partial charge in [0.2, 0.25) is 0 Å². The number of rotatable bonds is 6. The van der Waals surface area contributed by atoms with Crippen LogP contribution in [-0.2, 0) is 4.74 Å². The van der Waals surface area contributed by atoms with Crippen molar-refractivity contribution in [1.29, 1.82) is 0 Å². The fourth-order valence-corrected chi connectivity index (χ4v) is 4.52. The summed E-state index contributed by atoms with van der Waals surface area (Å²) >= 11 is 3.07. The molecule has 1 aliphatic carbocycles. The third kappa shape index (κ3) is 4.40. The van der Waals surface area contributed by atoms with Gasteiger partial charge in [0.25, 0.3) is 5.91 Å². The van der Waals surface area contributed by atoms with Crippen LogP contribution < -0.4 is 5.32 Å². The minimum absolute atomic E-state index is 0.0643. The molecule has 1 aliphatic rings. The smallest absolute Gasteiger partial charge is 0.263 e. The van der Waals surface area contributed by atoms with Gasteiger partial charge in [-0.05, 0) is 30.2 Å². The lowest BCUT2D eigenvalue weighted by atomic mass is 9.88. The van der Waals surface area contributed by atoms with E-state index in [2.05, 4.69) is 17.2 Å². The van der Waals surface area contributed by atoms with Crippen LogP contribution in [0.25, 0.3) is 9.88 Å². The second-order valence-electron chi connectivity index (χ2n) is 5.93. The van der Waals surface area contributed by atoms with Crippen LogP contribution in [0.1, 0.15) is 42.3 Å². The Bertz CT molecular complexity index is 624. The molecule has 1 N–H and O–H groups in total. The van der Waals surface area contributed by atoms with Crippen LogP contribution in [0.3, 0.4) is 0 Å². The van der Waals surface area contributed by atoms with Crippen LogP contribution in [0.4, 0.5) is 0 Å². The van der Waals surface area contributed by atoms with Crippen LogP contribution in [0.2, 0.25) is 0 Å². The van der Waals surface area contributed by atoms with Gasteiger partial charge in [0, 0.05) is 6.54 Å². The molecule has 1 amide bonds. The molecule has 0 saturated heterocycles. The van der Waals surface area contributed by atoms with Crippen molar-refractivity contribution in [2.24, 2.45) is 5.92 Å². The van der Waals surface area contributed by atoms with Crippen molar-refractivity contribution in [3.8, 4) is 9.88 Å². The maximum Gasteiger partial charge on any atom is 0.263 e. The molecule has 0 radical (unpaired) electrons. The highest BCUT2D eigenvalue weighted by atomic mass is 32.1. The van der Waals surface area contributed by atoms with Gasteiger partial charge >= 0.3 is 0 Å². The number of hydrogen-bond donors (Lipinski definition) is 1. The van der Waals surface area contributed by atoms with E-state index in [9.17, 15) is 4.79 Å². The Labute approximate surface area is 144 Å². The summed E-state index contributed by atoms with van der Waals surface area (Å²) in [6.45, 7) is 3.39. The maximum atomic E-state index is 12.2. The number of ether oxygens (including phenoxy) is 1. The van der Waals surface area contributed by atoms with Gasteiger partial charge < -0.3 is 10.1 Å². The van der Waals surface area contributed by atoms with Crippen LogP contribution in [-0.4, -0.2) is 30.1 Å². The Morgan fingerprint density at radius 3 is 3.09 bits per heavy atom. The first-order valence-corrected chi connectivity index (χ1v) is 9.83. The highest BCUT2D eigenvalue weighted by molar-refractivity contribution is 7.21. The molecule has 2 aromatic rings. The van der Waals surface area contributed by atoms with E-state index in [1.807, 2.05) is 17.5 Å². The topological polar surface area (TPSA) is 51.2 Å². The van der Waals surface area contributed by atoms with E-state index in [4.69, 9.17) is 4.74 Å². The van der Waals surface area contributed by atoms with Crippen molar-refractivity contribution in [3.63, 3.8) is 0 Å². The first-order chi connectivity index (χ1) is 11.2. The zero-order valence-electron chi connectivity index (χ0n) is 13.3. The molecule has 0 aliphatic heterocycles. The standard InChI is InChI=1S/C17H22N2O2S2/c1-12-5-2-3-6-13(12)21-9-8-18-16(20)15-11-19-17(23-15)14-7-4-10-22-14/h4,7,10-13H,2-3,5-6,8-9H2,1H3,(H,18,20). The summed E-state index contributed by atoms with van der Waals surface area (Å²) in [5.74, 6) is 0.569. The number of aromatic nitrogens is 1. The van der Waals surface area contributed by atoms with E-state index in [0.717, 1.165) is 16.3 Å². The predicted molar refractivity (Wildman–Crippen MR) is 95.1 cm³/mol. The minimum Gasteiger partial charge on any atom is -0.376 e. The van der Waals surface area contributed by atoms with Crippen molar-refractivity contribution in [2.45, 2.75) is 38.7 Å². The fraction of sp³-hybridized carbons (Fsp3) is 0.529. The Morgan fingerprint density at radius 1 is 1.43 bits per heavy atom. The van der Waals surface area contributed by atoms with Gasteiger partial charge in [0.1, 0.15) is 9.88 Å². The second-order valence-corrected chi connectivity index (χ2v) is 7.91.